The van der Waals surface area contributed by atoms with E-state index < -0.39 is 15.9 Å². The van der Waals surface area contributed by atoms with Crippen LogP contribution < -0.4 is 10.0 Å². The number of unbranched alkanes of at least 4 members (excludes halogenated alkanes) is 17. The van der Waals surface area contributed by atoms with Gasteiger partial charge in [-0.25, -0.2) is 8.42 Å². The molecule has 0 heterocycles. The molecule has 37 heavy (non-hydrogen) atoms. The summed E-state index contributed by atoms with van der Waals surface area (Å²) < 4.78 is 31.4. The fraction of sp³-hybridized carbons (Fsp3) is 0.931. The maximum atomic E-state index is 12.1. The standard InChI is InChI=1S/C29H58N2O5S/c1-3-4-5-6-7-8-9-10-11-12-13-14-15-16-18-24-29(33)31-37(34,35)27-22-17-19-23-28(32)30-25-20-21-26-36-2/h3-27H2,1-2H3,(H,30,32)(H,31,33). The summed E-state index contributed by atoms with van der Waals surface area (Å²) in [5, 5.41) is 2.86. The Morgan fingerprint density at radius 3 is 1.57 bits per heavy atom. The molecule has 0 atom stereocenters. The van der Waals surface area contributed by atoms with Crippen LogP contribution in [0.1, 0.15) is 148 Å². The maximum absolute atomic E-state index is 12.1. The van der Waals surface area contributed by atoms with Crippen molar-refractivity contribution in [3.05, 3.63) is 0 Å². The van der Waals surface area contributed by atoms with Crippen molar-refractivity contribution in [2.45, 2.75) is 148 Å². The molecule has 0 aromatic heterocycles. The topological polar surface area (TPSA) is 102 Å². The zero-order chi connectivity index (χ0) is 27.5. The van der Waals surface area contributed by atoms with Gasteiger partial charge in [-0.15, -0.1) is 0 Å². The van der Waals surface area contributed by atoms with Gasteiger partial charge in [0, 0.05) is 33.1 Å². The van der Waals surface area contributed by atoms with Gasteiger partial charge in [0.15, 0.2) is 0 Å². The van der Waals surface area contributed by atoms with Gasteiger partial charge in [-0.05, 0) is 32.1 Å². The zero-order valence-corrected chi connectivity index (χ0v) is 24.9. The van der Waals surface area contributed by atoms with E-state index in [1.54, 1.807) is 7.11 Å². The van der Waals surface area contributed by atoms with Crippen LogP contribution in [0.3, 0.4) is 0 Å². The third-order valence-electron chi connectivity index (χ3n) is 6.69. The summed E-state index contributed by atoms with van der Waals surface area (Å²) in [5.74, 6) is -0.476. The second-order valence-electron chi connectivity index (χ2n) is 10.4. The van der Waals surface area contributed by atoms with E-state index in [4.69, 9.17) is 4.74 Å². The first-order valence-electron chi connectivity index (χ1n) is 15.2. The van der Waals surface area contributed by atoms with E-state index in [-0.39, 0.29) is 18.1 Å². The molecule has 0 aliphatic heterocycles. The van der Waals surface area contributed by atoms with Gasteiger partial charge in [0.05, 0.1) is 5.75 Å². The van der Waals surface area contributed by atoms with Crippen LogP contribution in [0.4, 0.5) is 0 Å². The number of rotatable bonds is 28. The molecule has 0 unspecified atom stereocenters. The van der Waals surface area contributed by atoms with E-state index in [1.165, 1.54) is 77.0 Å². The van der Waals surface area contributed by atoms with Gasteiger partial charge in [0.2, 0.25) is 21.8 Å². The summed E-state index contributed by atoms with van der Waals surface area (Å²) in [5.41, 5.74) is 0. The molecular weight excluding hydrogens is 488 g/mol. The molecule has 0 fully saturated rings. The summed E-state index contributed by atoms with van der Waals surface area (Å²) in [6, 6.07) is 0. The van der Waals surface area contributed by atoms with E-state index in [1.807, 2.05) is 0 Å². The Balaban J connectivity index is 3.53. The molecule has 0 rings (SSSR count). The number of sulfonamides is 1. The molecule has 0 saturated heterocycles. The van der Waals surface area contributed by atoms with Gasteiger partial charge in [-0.1, -0.05) is 103 Å². The van der Waals surface area contributed by atoms with Crippen molar-refractivity contribution >= 4 is 21.8 Å². The third kappa shape index (κ3) is 27.7. The lowest BCUT2D eigenvalue weighted by molar-refractivity contribution is -0.121. The summed E-state index contributed by atoms with van der Waals surface area (Å²) in [6.07, 6.45) is 23.1. The first kappa shape index (κ1) is 35.9. The number of carbonyl (C=O) groups is 2. The van der Waals surface area contributed by atoms with Gasteiger partial charge in [0.1, 0.15) is 0 Å². The van der Waals surface area contributed by atoms with Crippen LogP contribution >= 0.6 is 0 Å². The zero-order valence-electron chi connectivity index (χ0n) is 24.1. The average Bonchev–Trinajstić information content (AvgIpc) is 2.85. The van der Waals surface area contributed by atoms with Crippen molar-refractivity contribution in [1.82, 2.24) is 10.0 Å². The highest BCUT2D eigenvalue weighted by Gasteiger charge is 2.14. The maximum Gasteiger partial charge on any atom is 0.234 e. The molecule has 0 bridgehead atoms. The minimum absolute atomic E-state index is 0.00271. The molecule has 0 spiro atoms. The van der Waals surface area contributed by atoms with Crippen LogP contribution in [0.5, 0.6) is 0 Å². The molecule has 0 aromatic rings. The molecule has 0 aliphatic carbocycles. The fourth-order valence-corrected chi connectivity index (χ4v) is 5.51. The van der Waals surface area contributed by atoms with Crippen LogP contribution in [0.25, 0.3) is 0 Å². The van der Waals surface area contributed by atoms with Crippen molar-refractivity contribution in [2.75, 3.05) is 26.0 Å². The highest BCUT2D eigenvalue weighted by molar-refractivity contribution is 7.90. The van der Waals surface area contributed by atoms with Crippen molar-refractivity contribution in [2.24, 2.45) is 0 Å². The smallest absolute Gasteiger partial charge is 0.234 e. The summed E-state index contributed by atoms with van der Waals surface area (Å²) in [7, 11) is -1.93. The lowest BCUT2D eigenvalue weighted by atomic mass is 10.0. The molecule has 0 radical (unpaired) electrons. The van der Waals surface area contributed by atoms with Gasteiger partial charge in [-0.2, -0.15) is 0 Å². The van der Waals surface area contributed by atoms with E-state index in [9.17, 15) is 18.0 Å². The summed E-state index contributed by atoms with van der Waals surface area (Å²) in [4.78, 5) is 23.7. The predicted molar refractivity (Wildman–Crippen MR) is 154 cm³/mol. The monoisotopic (exact) mass is 546 g/mol. The van der Waals surface area contributed by atoms with Crippen LogP contribution in [0.2, 0.25) is 0 Å². The van der Waals surface area contributed by atoms with Crippen LogP contribution in [0, 0.1) is 0 Å². The first-order chi connectivity index (χ1) is 17.9. The SMILES string of the molecule is CCCCCCCCCCCCCCCCCC(=O)NS(=O)(=O)CCCCCC(=O)NCCCCOC. The van der Waals surface area contributed by atoms with Crippen LogP contribution in [-0.4, -0.2) is 46.2 Å². The quantitative estimate of drug-likeness (QED) is 0.105. The highest BCUT2D eigenvalue weighted by atomic mass is 32.2. The molecule has 8 heteroatoms. The van der Waals surface area contributed by atoms with Gasteiger partial charge in [-0.3, -0.25) is 14.3 Å². The molecule has 2 amide bonds. The Morgan fingerprint density at radius 1 is 0.595 bits per heavy atom. The van der Waals surface area contributed by atoms with Crippen molar-refractivity contribution in [3.8, 4) is 0 Å². The summed E-state index contributed by atoms with van der Waals surface area (Å²) >= 11 is 0. The van der Waals surface area contributed by atoms with Gasteiger partial charge in [0.25, 0.3) is 0 Å². The predicted octanol–water partition coefficient (Wildman–Crippen LogP) is 6.80. The largest absolute Gasteiger partial charge is 0.385 e. The minimum Gasteiger partial charge on any atom is -0.385 e. The first-order valence-corrected chi connectivity index (χ1v) is 16.9. The lowest BCUT2D eigenvalue weighted by Crippen LogP contribution is -2.32. The Hall–Kier alpha value is -1.15. The number of carbonyl (C=O) groups excluding carboxylic acids is 2. The molecular formula is C29H58N2O5S. The third-order valence-corrected chi connectivity index (χ3v) is 8.06. The van der Waals surface area contributed by atoms with E-state index >= 15 is 0 Å². The van der Waals surface area contributed by atoms with E-state index in [0.29, 0.717) is 38.8 Å². The van der Waals surface area contributed by atoms with E-state index in [2.05, 4.69) is 17.0 Å². The van der Waals surface area contributed by atoms with Crippen molar-refractivity contribution in [1.29, 1.82) is 0 Å². The van der Waals surface area contributed by atoms with Gasteiger partial charge < -0.3 is 10.1 Å². The molecule has 220 valence electrons. The molecule has 0 saturated carbocycles. The number of amides is 2. The second-order valence-corrected chi connectivity index (χ2v) is 12.2. The molecule has 0 aromatic carbocycles. The summed E-state index contributed by atoms with van der Waals surface area (Å²) in [6.45, 7) is 3.59. The highest BCUT2D eigenvalue weighted by Crippen LogP contribution is 2.13. The average molecular weight is 547 g/mol. The van der Waals surface area contributed by atoms with Crippen molar-refractivity contribution < 1.29 is 22.7 Å². The molecule has 0 aliphatic rings. The van der Waals surface area contributed by atoms with E-state index in [0.717, 1.165) is 32.1 Å². The molecule has 7 nitrogen and oxygen atoms in total. The number of nitrogens with one attached hydrogen (secondary N) is 2. The number of ether oxygens (including phenoxy) is 1. The number of methoxy groups -OCH3 is 1. The Labute approximate surface area is 228 Å². The number of hydrogen-bond donors (Lipinski definition) is 2. The Morgan fingerprint density at radius 2 is 1.05 bits per heavy atom. The van der Waals surface area contributed by atoms with Crippen LogP contribution in [0.15, 0.2) is 0 Å². The fourth-order valence-electron chi connectivity index (χ4n) is 4.37. The molecule has 2 N–H and O–H groups in total. The Bertz CT molecular complexity index is 640. The van der Waals surface area contributed by atoms with Gasteiger partial charge >= 0.3 is 0 Å². The second kappa shape index (κ2) is 26.5. The van der Waals surface area contributed by atoms with Crippen LogP contribution in [-0.2, 0) is 24.3 Å². The Kier molecular flexibility index (Phi) is 25.6. The number of hydrogen-bond acceptors (Lipinski definition) is 5. The lowest BCUT2D eigenvalue weighted by Gasteiger charge is -2.07. The normalized spacial score (nSPS) is 11.5. The minimum atomic E-state index is -3.59. The van der Waals surface area contributed by atoms with Crippen molar-refractivity contribution in [3.63, 3.8) is 0 Å².